The molecule has 1 spiro atoms. The van der Waals surface area contributed by atoms with Crippen LogP contribution in [0.25, 0.3) is 82.8 Å². The molecule has 3 aliphatic carbocycles. The van der Waals surface area contributed by atoms with Crippen molar-refractivity contribution >= 4 is 49.6 Å². The van der Waals surface area contributed by atoms with Gasteiger partial charge in [-0.15, -0.1) is 0 Å². The van der Waals surface area contributed by atoms with Crippen LogP contribution >= 0.6 is 0 Å². The van der Waals surface area contributed by atoms with E-state index in [2.05, 4.69) is 266 Å². The van der Waals surface area contributed by atoms with E-state index in [0.29, 0.717) is 0 Å². The largest absolute Gasteiger partial charge is 0.310 e. The summed E-state index contributed by atoms with van der Waals surface area (Å²) in [5.41, 5.74) is 24.9. The molecule has 1 heterocycles. The molecular weight excluding hydrogens is 845 g/mol. The molecule has 1 aromatic heterocycles. The maximum absolute atomic E-state index is 2.49. The predicted molar refractivity (Wildman–Crippen MR) is 292 cm³/mol. The predicted octanol–water partition coefficient (Wildman–Crippen LogP) is 17.7. The van der Waals surface area contributed by atoms with E-state index in [-0.39, 0.29) is 10.8 Å². The van der Waals surface area contributed by atoms with Gasteiger partial charge in [-0.2, -0.15) is 0 Å². The second-order valence-corrected chi connectivity index (χ2v) is 20.0. The summed E-state index contributed by atoms with van der Waals surface area (Å²) in [6.07, 6.45) is 0. The van der Waals surface area contributed by atoms with Crippen LogP contribution in [0.5, 0.6) is 0 Å². The second-order valence-electron chi connectivity index (χ2n) is 20.0. The Morgan fingerprint density at radius 2 is 0.843 bits per heavy atom. The molecule has 2 nitrogen and oxygen atoms in total. The summed E-state index contributed by atoms with van der Waals surface area (Å²) in [5.74, 6) is 0. The molecular formula is C68H46N2. The molecule has 70 heavy (non-hydrogen) atoms. The van der Waals surface area contributed by atoms with Gasteiger partial charge in [-0.3, -0.25) is 0 Å². The van der Waals surface area contributed by atoms with Crippen molar-refractivity contribution < 1.29 is 0 Å². The van der Waals surface area contributed by atoms with Gasteiger partial charge in [0.25, 0.3) is 0 Å². The Bertz CT molecular complexity index is 4110. The van der Waals surface area contributed by atoms with Crippen LogP contribution in [0.3, 0.4) is 0 Å². The fourth-order valence-electron chi connectivity index (χ4n) is 13.1. The Morgan fingerprint density at radius 3 is 1.56 bits per heavy atom. The van der Waals surface area contributed by atoms with Crippen molar-refractivity contribution in [3.63, 3.8) is 0 Å². The number of rotatable bonds is 5. The highest BCUT2D eigenvalue weighted by molar-refractivity contribution is 6.14. The van der Waals surface area contributed by atoms with Crippen molar-refractivity contribution in [1.29, 1.82) is 0 Å². The lowest BCUT2D eigenvalue weighted by atomic mass is 9.70. The quantitative estimate of drug-likeness (QED) is 0.167. The number of hydrogen-bond donors (Lipinski definition) is 0. The van der Waals surface area contributed by atoms with Gasteiger partial charge in [0.2, 0.25) is 0 Å². The average molecular weight is 891 g/mol. The first-order chi connectivity index (χ1) is 34.5. The standard InChI is InChI=1S/C68H46N2/c1-67(2)58-26-12-8-21-51(58)54-37-35-48(41-63(54)67)69(46-19-4-3-5-20-46)49-36-38-55-57-39-44-17-6-7-18-45(44)40-64(57)70(65(55)42-49)47-33-31-43(32-34-47)50-25-16-30-62-66(50)56-24-11-15-29-61(56)68(62)59-27-13-9-22-52(59)53-23-10-14-28-60(53)68/h3-42H,1-2H3. The van der Waals surface area contributed by atoms with Crippen molar-refractivity contribution in [3.8, 4) is 50.2 Å². The van der Waals surface area contributed by atoms with Gasteiger partial charge in [0.1, 0.15) is 0 Å². The zero-order chi connectivity index (χ0) is 46.3. The molecule has 12 aromatic rings. The second kappa shape index (κ2) is 14.4. The molecule has 2 heteroatoms. The Kier molecular flexibility index (Phi) is 8.08. The summed E-state index contributed by atoms with van der Waals surface area (Å²) in [7, 11) is 0. The summed E-state index contributed by atoms with van der Waals surface area (Å²) < 4.78 is 2.49. The summed E-state index contributed by atoms with van der Waals surface area (Å²) >= 11 is 0. The van der Waals surface area contributed by atoms with Crippen LogP contribution in [0.15, 0.2) is 243 Å². The van der Waals surface area contributed by atoms with E-state index in [1.54, 1.807) is 0 Å². The van der Waals surface area contributed by atoms with Gasteiger partial charge < -0.3 is 9.47 Å². The third-order valence-corrected chi connectivity index (χ3v) is 16.2. The van der Waals surface area contributed by atoms with Gasteiger partial charge >= 0.3 is 0 Å². The lowest BCUT2D eigenvalue weighted by molar-refractivity contribution is 0.660. The molecule has 0 N–H and O–H groups in total. The Hall–Kier alpha value is -8.72. The number of para-hydroxylation sites is 1. The lowest BCUT2D eigenvalue weighted by Crippen LogP contribution is -2.25. The van der Waals surface area contributed by atoms with Crippen LogP contribution < -0.4 is 4.90 Å². The summed E-state index contributed by atoms with van der Waals surface area (Å²) in [6.45, 7) is 4.73. The zero-order valence-corrected chi connectivity index (χ0v) is 39.0. The van der Waals surface area contributed by atoms with Crippen molar-refractivity contribution in [2.75, 3.05) is 4.90 Å². The number of fused-ring (bicyclic) bond motifs is 17. The first kappa shape index (κ1) is 39.3. The van der Waals surface area contributed by atoms with Gasteiger partial charge in [0, 0.05) is 38.9 Å². The van der Waals surface area contributed by atoms with E-state index in [4.69, 9.17) is 0 Å². The third kappa shape index (κ3) is 5.23. The average Bonchev–Trinajstić information content (AvgIpc) is 4.08. The minimum atomic E-state index is -0.382. The monoisotopic (exact) mass is 890 g/mol. The molecule has 11 aromatic carbocycles. The molecule has 0 bridgehead atoms. The number of aromatic nitrogens is 1. The number of nitrogens with zero attached hydrogens (tertiary/aromatic N) is 2. The fourth-order valence-corrected chi connectivity index (χ4v) is 13.1. The minimum absolute atomic E-state index is 0.118. The molecule has 0 saturated heterocycles. The third-order valence-electron chi connectivity index (χ3n) is 16.2. The van der Waals surface area contributed by atoms with Gasteiger partial charge in [-0.25, -0.2) is 0 Å². The maximum Gasteiger partial charge on any atom is 0.0725 e. The maximum atomic E-state index is 2.49. The van der Waals surface area contributed by atoms with E-state index in [9.17, 15) is 0 Å². The van der Waals surface area contributed by atoms with E-state index in [1.807, 2.05) is 0 Å². The van der Waals surface area contributed by atoms with Crippen LogP contribution in [0.1, 0.15) is 47.2 Å². The van der Waals surface area contributed by atoms with E-state index >= 15 is 0 Å². The highest BCUT2D eigenvalue weighted by Gasteiger charge is 2.52. The van der Waals surface area contributed by atoms with E-state index in [1.165, 1.54) is 110 Å². The van der Waals surface area contributed by atoms with Gasteiger partial charge in [0.15, 0.2) is 0 Å². The number of benzene rings is 11. The topological polar surface area (TPSA) is 8.17 Å². The van der Waals surface area contributed by atoms with Gasteiger partial charge in [-0.05, 0) is 149 Å². The molecule has 0 atom stereocenters. The number of hydrogen-bond acceptors (Lipinski definition) is 1. The van der Waals surface area contributed by atoms with Crippen molar-refractivity contribution in [2.45, 2.75) is 24.7 Å². The molecule has 0 unspecified atom stereocenters. The van der Waals surface area contributed by atoms with Crippen LogP contribution in [0.4, 0.5) is 17.1 Å². The molecule has 0 fully saturated rings. The van der Waals surface area contributed by atoms with E-state index < -0.39 is 0 Å². The normalized spacial score (nSPS) is 14.1. The summed E-state index contributed by atoms with van der Waals surface area (Å²) in [5, 5.41) is 4.94. The summed E-state index contributed by atoms with van der Waals surface area (Å²) in [4.78, 5) is 2.43. The molecule has 0 aliphatic heterocycles. The highest BCUT2D eigenvalue weighted by atomic mass is 15.1. The molecule has 0 amide bonds. The molecule has 0 radical (unpaired) electrons. The summed E-state index contributed by atoms with van der Waals surface area (Å²) in [6, 6.07) is 91.0. The first-order valence-electron chi connectivity index (χ1n) is 24.6. The fraction of sp³-hybridized carbons (Fsp3) is 0.0588. The van der Waals surface area contributed by atoms with E-state index in [0.717, 1.165) is 22.7 Å². The Labute approximate surface area is 408 Å². The minimum Gasteiger partial charge on any atom is -0.310 e. The van der Waals surface area contributed by atoms with Gasteiger partial charge in [0.05, 0.1) is 16.4 Å². The molecule has 328 valence electrons. The molecule has 3 aliphatic rings. The lowest BCUT2D eigenvalue weighted by Gasteiger charge is -2.30. The van der Waals surface area contributed by atoms with Crippen LogP contribution in [0.2, 0.25) is 0 Å². The molecule has 15 rings (SSSR count). The van der Waals surface area contributed by atoms with Crippen LogP contribution in [-0.4, -0.2) is 4.57 Å². The smallest absolute Gasteiger partial charge is 0.0725 e. The SMILES string of the molecule is CC1(C)c2ccccc2-c2ccc(N(c3ccccc3)c3ccc4c5cc6ccccc6cc5n(-c5ccc(-c6cccc7c6-c6ccccc6C76c7ccccc7-c7ccccc76)cc5)c4c3)cc21. The zero-order valence-electron chi connectivity index (χ0n) is 39.0. The van der Waals surface area contributed by atoms with Crippen molar-refractivity contribution in [2.24, 2.45) is 0 Å². The Morgan fingerprint density at radius 1 is 0.329 bits per heavy atom. The molecule has 0 saturated carbocycles. The van der Waals surface area contributed by atoms with Crippen molar-refractivity contribution in [1.82, 2.24) is 4.57 Å². The van der Waals surface area contributed by atoms with Crippen molar-refractivity contribution in [3.05, 3.63) is 276 Å². The number of anilines is 3. The van der Waals surface area contributed by atoms with Crippen LogP contribution in [-0.2, 0) is 10.8 Å². The van der Waals surface area contributed by atoms with Gasteiger partial charge in [-0.1, -0.05) is 196 Å². The highest BCUT2D eigenvalue weighted by Crippen LogP contribution is 2.64. The Balaban J connectivity index is 0.912. The van der Waals surface area contributed by atoms with Crippen LogP contribution in [0, 0.1) is 0 Å². The first-order valence-corrected chi connectivity index (χ1v) is 24.6.